The van der Waals surface area contributed by atoms with Crippen molar-refractivity contribution in [2.45, 2.75) is 181 Å². The number of nitrogens with zero attached hydrogens (tertiary/aromatic N) is 3. The van der Waals surface area contributed by atoms with Gasteiger partial charge in [0.15, 0.2) is 6.35 Å². The van der Waals surface area contributed by atoms with Crippen LogP contribution in [0.1, 0.15) is 125 Å². The number of carbonyl (C=O) groups excluding carboxylic acids is 7. The van der Waals surface area contributed by atoms with Crippen LogP contribution < -0.4 is 38.1 Å². The Balaban J connectivity index is 1.70. The summed E-state index contributed by atoms with van der Waals surface area (Å²) >= 11 is 0. The van der Waals surface area contributed by atoms with Crippen molar-refractivity contribution in [3.05, 3.63) is 65.7 Å². The number of ether oxygens (including phenoxy) is 3. The van der Waals surface area contributed by atoms with Crippen LogP contribution in [0.15, 0.2) is 54.6 Å². The van der Waals surface area contributed by atoms with Crippen molar-refractivity contribution in [3.63, 3.8) is 0 Å². The molecule has 2 aromatic rings. The molecule has 7 amide bonds. The molecule has 22 heteroatoms. The summed E-state index contributed by atoms with van der Waals surface area (Å²) in [6.07, 6.45) is -1.84. The molecule has 1 fully saturated rings. The number of benzene rings is 2. The molecule has 22 nitrogen and oxygen atoms in total. The third-order valence-electron chi connectivity index (χ3n) is 15.3. The maximum atomic E-state index is 14.7. The van der Waals surface area contributed by atoms with Gasteiger partial charge in [-0.2, -0.15) is 0 Å². The summed E-state index contributed by atoms with van der Waals surface area (Å²) in [5, 5.41) is 34.3. The molecular formula is C58H96N10O12. The predicted molar refractivity (Wildman–Crippen MR) is 306 cm³/mol. The lowest BCUT2D eigenvalue weighted by Crippen LogP contribution is -2.60. The van der Waals surface area contributed by atoms with E-state index in [0.717, 1.165) is 0 Å². The maximum Gasteiger partial charge on any atom is 0.410 e. The lowest BCUT2D eigenvalue weighted by molar-refractivity contribution is -0.148. The fourth-order valence-electron chi connectivity index (χ4n) is 10.2. The van der Waals surface area contributed by atoms with Crippen LogP contribution in [0.3, 0.4) is 0 Å². The van der Waals surface area contributed by atoms with Gasteiger partial charge >= 0.3 is 6.09 Å². The molecule has 1 heterocycles. The normalized spacial score (nSPS) is 18.1. The Morgan fingerprint density at radius 2 is 1.40 bits per heavy atom. The van der Waals surface area contributed by atoms with E-state index in [4.69, 9.17) is 25.7 Å². The van der Waals surface area contributed by atoms with Gasteiger partial charge in [0, 0.05) is 40.5 Å². The van der Waals surface area contributed by atoms with Crippen LogP contribution in [0, 0.1) is 29.6 Å². The molecule has 3 rings (SSSR count). The molecule has 13 atom stereocenters. The number of nitrogens with one attached hydrogen (secondary N) is 5. The fraction of sp³-hybridized carbons (Fsp3) is 0.672. The minimum Gasteiger partial charge on any atom is -0.445 e. The predicted octanol–water partition coefficient (Wildman–Crippen LogP) is 3.59. The summed E-state index contributed by atoms with van der Waals surface area (Å²) in [5.74, 6) is -4.25. The number of hydrogen-bond acceptors (Lipinski definition) is 15. The van der Waals surface area contributed by atoms with Crippen LogP contribution in [0.4, 0.5) is 10.5 Å². The number of amides is 7. The molecular weight excluding hydrogens is 1030 g/mol. The number of aliphatic hydroxyl groups excluding tert-OH is 2. The second kappa shape index (κ2) is 33.2. The van der Waals surface area contributed by atoms with E-state index in [1.54, 1.807) is 94.8 Å². The highest BCUT2D eigenvalue weighted by molar-refractivity contribution is 5.98. The Morgan fingerprint density at radius 3 is 1.95 bits per heavy atom. The van der Waals surface area contributed by atoms with Gasteiger partial charge in [-0.25, -0.2) is 4.79 Å². The highest BCUT2D eigenvalue weighted by Crippen LogP contribution is 2.30. The minimum absolute atomic E-state index is 0.0727. The Bertz CT molecular complexity index is 2270. The van der Waals surface area contributed by atoms with Crippen LogP contribution in [0.2, 0.25) is 0 Å². The molecule has 450 valence electrons. The van der Waals surface area contributed by atoms with Crippen LogP contribution in [0.5, 0.6) is 0 Å². The lowest BCUT2D eigenvalue weighted by Gasteiger charge is -2.41. The average Bonchev–Trinajstić information content (AvgIpc) is 3.91. The second-order valence-corrected chi connectivity index (χ2v) is 22.4. The van der Waals surface area contributed by atoms with Gasteiger partial charge in [0.2, 0.25) is 35.4 Å². The van der Waals surface area contributed by atoms with Gasteiger partial charge in [-0.05, 0) is 86.1 Å². The van der Waals surface area contributed by atoms with Gasteiger partial charge in [0.05, 0.1) is 54.8 Å². The first-order valence-corrected chi connectivity index (χ1v) is 28.2. The van der Waals surface area contributed by atoms with E-state index in [-0.39, 0.29) is 43.1 Å². The van der Waals surface area contributed by atoms with E-state index >= 15 is 0 Å². The standard InChI is InChI=1S/C58H96N10O12/c1-15-36(8)49(44(78-13)31-45(69)68-30-20-24-43(68)51(79-14)37(9)52(71)62-38(10)50(70)40-21-17-16-18-22-40)66(11)56(75)47(34(4)5)65-55(74)48(35(6)7)67(12)58(77)80-32-39-25-27-41(28-26-39)63-53(72)42(23-19-29-61-57(60)76)64-54(73)46(59)33(2)3/h16-18,21-22,25-28,33-38,42-44,46-51,57,61,70,76H,15,19-20,23-24,29-32,59-60H2,1-14H3,(H,62,71)(H,63,72)(H,64,73)(H,65,74). The molecule has 11 N–H and O–H groups in total. The molecule has 0 bridgehead atoms. The summed E-state index contributed by atoms with van der Waals surface area (Å²) in [6.45, 7) is 18.8. The van der Waals surface area contributed by atoms with Crippen molar-refractivity contribution >= 4 is 47.2 Å². The highest BCUT2D eigenvalue weighted by Gasteiger charge is 2.44. The first kappa shape index (κ1) is 68.5. The largest absolute Gasteiger partial charge is 0.445 e. The third-order valence-corrected chi connectivity index (χ3v) is 15.3. The smallest absolute Gasteiger partial charge is 0.410 e. The van der Waals surface area contributed by atoms with Crippen molar-refractivity contribution in [3.8, 4) is 0 Å². The van der Waals surface area contributed by atoms with E-state index in [1.807, 2.05) is 45.9 Å². The van der Waals surface area contributed by atoms with Crippen LogP contribution in [-0.4, -0.2) is 169 Å². The van der Waals surface area contributed by atoms with Gasteiger partial charge in [-0.15, -0.1) is 0 Å². The first-order valence-electron chi connectivity index (χ1n) is 28.2. The monoisotopic (exact) mass is 1120 g/mol. The second-order valence-electron chi connectivity index (χ2n) is 22.4. The van der Waals surface area contributed by atoms with Crippen molar-refractivity contribution in [1.29, 1.82) is 0 Å². The maximum absolute atomic E-state index is 14.7. The van der Waals surface area contributed by atoms with Gasteiger partial charge in [-0.3, -0.25) is 44.7 Å². The Hall–Kier alpha value is -5.75. The molecule has 1 aliphatic rings. The molecule has 80 heavy (non-hydrogen) atoms. The minimum atomic E-state index is -1.23. The number of anilines is 1. The van der Waals surface area contributed by atoms with Crippen LogP contribution in [0.25, 0.3) is 0 Å². The van der Waals surface area contributed by atoms with Crippen LogP contribution >= 0.6 is 0 Å². The summed E-state index contributed by atoms with van der Waals surface area (Å²) in [6, 6.07) is 10.2. The third kappa shape index (κ3) is 19.8. The molecule has 0 saturated carbocycles. The number of aliphatic hydroxyl groups is 2. The Labute approximate surface area is 474 Å². The molecule has 1 aliphatic heterocycles. The van der Waals surface area contributed by atoms with Crippen LogP contribution in [-0.2, 0) is 49.6 Å². The number of hydrogen-bond donors (Lipinski definition) is 9. The van der Waals surface area contributed by atoms with Gasteiger partial charge < -0.3 is 61.2 Å². The van der Waals surface area contributed by atoms with Gasteiger partial charge in [0.25, 0.3) is 0 Å². The molecule has 0 aromatic heterocycles. The summed E-state index contributed by atoms with van der Waals surface area (Å²) in [7, 11) is 6.13. The van der Waals surface area contributed by atoms with Gasteiger partial charge in [-0.1, -0.05) is 111 Å². The zero-order valence-electron chi connectivity index (χ0n) is 49.8. The summed E-state index contributed by atoms with van der Waals surface area (Å²) in [5.41, 5.74) is 13.1. The number of carbonyl (C=O) groups is 7. The molecule has 0 aliphatic carbocycles. The zero-order valence-corrected chi connectivity index (χ0v) is 49.8. The Morgan fingerprint density at radius 1 is 0.762 bits per heavy atom. The van der Waals surface area contributed by atoms with Crippen molar-refractivity contribution in [1.82, 2.24) is 36.0 Å². The highest BCUT2D eigenvalue weighted by atomic mass is 16.6. The van der Waals surface area contributed by atoms with E-state index < -0.39 is 114 Å². The number of likely N-dealkylation sites (tertiary alicyclic amines) is 1. The quantitative estimate of drug-likeness (QED) is 0.0374. The van der Waals surface area contributed by atoms with Crippen molar-refractivity contribution < 1.29 is 58.0 Å². The number of nitrogens with two attached hydrogens (primary N) is 2. The topological polar surface area (TPSA) is 310 Å². The van der Waals surface area contributed by atoms with E-state index in [0.29, 0.717) is 55.6 Å². The van der Waals surface area contributed by atoms with Gasteiger partial charge in [0.1, 0.15) is 24.7 Å². The number of likely N-dealkylation sites (N-methyl/N-ethyl adjacent to an activating group) is 2. The lowest BCUT2D eigenvalue weighted by atomic mass is 9.89. The fourth-order valence-corrected chi connectivity index (χ4v) is 10.2. The molecule has 2 aromatic carbocycles. The average molecular weight is 1130 g/mol. The summed E-state index contributed by atoms with van der Waals surface area (Å²) in [4.78, 5) is 101. The zero-order chi connectivity index (χ0) is 60.1. The first-order chi connectivity index (χ1) is 37.7. The van der Waals surface area contributed by atoms with E-state index in [9.17, 15) is 43.8 Å². The molecule has 0 spiro atoms. The van der Waals surface area contributed by atoms with E-state index in [1.165, 1.54) is 26.2 Å². The number of methoxy groups -OCH3 is 2. The summed E-state index contributed by atoms with van der Waals surface area (Å²) < 4.78 is 17.7. The molecule has 13 unspecified atom stereocenters. The SMILES string of the molecule is CCC(C)C(C(CC(=O)N1CCCC1C(OC)C(C)C(=O)NC(C)C(O)c1ccccc1)OC)N(C)C(=O)C(NC(=O)C(C(C)C)N(C)C(=O)OCc1ccc(NC(=O)C(CCCNC(N)O)NC(=O)C(N)C(C)C)cc1)C(C)C. The van der Waals surface area contributed by atoms with Crippen molar-refractivity contribution in [2.24, 2.45) is 41.1 Å². The molecule has 1 saturated heterocycles. The molecule has 0 radical (unpaired) electrons. The van der Waals surface area contributed by atoms with Crippen molar-refractivity contribution in [2.75, 3.05) is 46.7 Å². The van der Waals surface area contributed by atoms with E-state index in [2.05, 4.69) is 26.6 Å². The number of rotatable bonds is 32. The Kier molecular flexibility index (Phi) is 28.5.